The summed E-state index contributed by atoms with van der Waals surface area (Å²) < 4.78 is 5.29. The molecule has 0 fully saturated rings. The maximum atomic E-state index is 5.29. The summed E-state index contributed by atoms with van der Waals surface area (Å²) >= 11 is 1.76. The van der Waals surface area contributed by atoms with Gasteiger partial charge in [0.05, 0.1) is 6.10 Å². The van der Waals surface area contributed by atoms with E-state index in [1.807, 2.05) is 0 Å². The van der Waals surface area contributed by atoms with Gasteiger partial charge in [0.25, 0.3) is 0 Å². The summed E-state index contributed by atoms with van der Waals surface area (Å²) in [4.78, 5) is 0. The molecule has 0 aliphatic rings. The highest BCUT2D eigenvalue weighted by molar-refractivity contribution is 7.07. The Labute approximate surface area is 96.7 Å². The predicted octanol–water partition coefficient (Wildman–Crippen LogP) is 2.69. The first-order valence-electron chi connectivity index (χ1n) is 5.43. The molecule has 1 aromatic rings. The molecule has 0 spiro atoms. The van der Waals surface area contributed by atoms with Crippen LogP contribution in [0, 0.1) is 0 Å². The minimum Gasteiger partial charge on any atom is -0.380 e. The van der Waals surface area contributed by atoms with Gasteiger partial charge in [0, 0.05) is 19.2 Å². The van der Waals surface area contributed by atoms with Crippen molar-refractivity contribution < 1.29 is 4.74 Å². The van der Waals surface area contributed by atoms with E-state index < -0.39 is 0 Å². The maximum absolute atomic E-state index is 5.29. The van der Waals surface area contributed by atoms with Crippen LogP contribution >= 0.6 is 11.3 Å². The Bertz CT molecular complexity index is 261. The molecule has 15 heavy (non-hydrogen) atoms. The number of ether oxygens (including phenoxy) is 1. The molecule has 86 valence electrons. The molecule has 0 aromatic carbocycles. The predicted molar refractivity (Wildman–Crippen MR) is 66.6 cm³/mol. The molecule has 0 saturated heterocycles. The Balaban J connectivity index is 2.32. The highest BCUT2D eigenvalue weighted by Gasteiger charge is 2.13. The van der Waals surface area contributed by atoms with Crippen molar-refractivity contribution in [2.24, 2.45) is 0 Å². The monoisotopic (exact) mass is 227 g/mol. The van der Waals surface area contributed by atoms with Crippen molar-refractivity contribution in [3.8, 4) is 0 Å². The highest BCUT2D eigenvalue weighted by atomic mass is 32.1. The smallest absolute Gasteiger partial charge is 0.0693 e. The van der Waals surface area contributed by atoms with Crippen LogP contribution in [0.15, 0.2) is 16.8 Å². The summed E-state index contributed by atoms with van der Waals surface area (Å²) in [5.74, 6) is 0. The van der Waals surface area contributed by atoms with Crippen molar-refractivity contribution in [3.05, 3.63) is 22.4 Å². The number of nitrogens with one attached hydrogen (secondary N) is 1. The van der Waals surface area contributed by atoms with Gasteiger partial charge in [-0.2, -0.15) is 11.3 Å². The van der Waals surface area contributed by atoms with Crippen LogP contribution in [-0.2, 0) is 11.2 Å². The van der Waals surface area contributed by atoms with Gasteiger partial charge < -0.3 is 10.1 Å². The largest absolute Gasteiger partial charge is 0.380 e. The number of thiophene rings is 1. The van der Waals surface area contributed by atoms with Gasteiger partial charge in [-0.3, -0.25) is 0 Å². The van der Waals surface area contributed by atoms with Crippen LogP contribution in [0.1, 0.15) is 26.3 Å². The van der Waals surface area contributed by atoms with Crippen molar-refractivity contribution in [3.63, 3.8) is 0 Å². The van der Waals surface area contributed by atoms with E-state index in [2.05, 4.69) is 42.9 Å². The molecular weight excluding hydrogens is 206 g/mol. The zero-order chi connectivity index (χ0) is 11.3. The number of hydrogen-bond acceptors (Lipinski definition) is 3. The number of rotatable bonds is 6. The van der Waals surface area contributed by atoms with Gasteiger partial charge >= 0.3 is 0 Å². The fourth-order valence-corrected chi connectivity index (χ4v) is 2.29. The molecule has 1 heterocycles. The van der Waals surface area contributed by atoms with Gasteiger partial charge in [0.1, 0.15) is 0 Å². The molecule has 3 atom stereocenters. The van der Waals surface area contributed by atoms with E-state index in [0.717, 1.165) is 6.42 Å². The van der Waals surface area contributed by atoms with Crippen molar-refractivity contribution in [2.45, 2.75) is 45.4 Å². The minimum absolute atomic E-state index is 0.259. The third-order valence-corrected chi connectivity index (χ3v) is 3.48. The Morgan fingerprint density at radius 1 is 1.40 bits per heavy atom. The number of methoxy groups -OCH3 is 1. The fraction of sp³-hybridized carbons (Fsp3) is 0.667. The second kappa shape index (κ2) is 6.26. The molecule has 3 unspecified atom stereocenters. The molecule has 0 radical (unpaired) electrons. The summed E-state index contributed by atoms with van der Waals surface area (Å²) in [5, 5.41) is 7.89. The fourth-order valence-electron chi connectivity index (χ4n) is 1.61. The van der Waals surface area contributed by atoms with E-state index in [4.69, 9.17) is 4.74 Å². The van der Waals surface area contributed by atoms with Gasteiger partial charge in [0.2, 0.25) is 0 Å². The van der Waals surface area contributed by atoms with Crippen LogP contribution in [0.2, 0.25) is 0 Å². The topological polar surface area (TPSA) is 21.3 Å². The second-order valence-electron chi connectivity index (χ2n) is 4.13. The molecule has 0 amide bonds. The van der Waals surface area contributed by atoms with Crippen LogP contribution < -0.4 is 5.32 Å². The van der Waals surface area contributed by atoms with Crippen LogP contribution in [0.3, 0.4) is 0 Å². The lowest BCUT2D eigenvalue weighted by Crippen LogP contribution is -2.42. The van der Waals surface area contributed by atoms with Gasteiger partial charge in [-0.05, 0) is 49.6 Å². The summed E-state index contributed by atoms with van der Waals surface area (Å²) in [7, 11) is 1.76. The molecule has 1 rings (SSSR count). The second-order valence-corrected chi connectivity index (χ2v) is 4.91. The SMILES string of the molecule is COC(C)C(C)NC(C)Cc1ccsc1. The van der Waals surface area contributed by atoms with Gasteiger partial charge in [-0.15, -0.1) is 0 Å². The van der Waals surface area contributed by atoms with Crippen molar-refractivity contribution in [2.75, 3.05) is 7.11 Å². The standard InChI is InChI=1S/C12H21NOS/c1-9(7-12-5-6-15-8-12)13-10(2)11(3)14-4/h5-6,8-11,13H,7H2,1-4H3. The average molecular weight is 227 g/mol. The quantitative estimate of drug-likeness (QED) is 0.807. The average Bonchev–Trinajstić information content (AvgIpc) is 2.68. The lowest BCUT2D eigenvalue weighted by Gasteiger charge is -2.24. The zero-order valence-corrected chi connectivity index (χ0v) is 10.8. The van der Waals surface area contributed by atoms with E-state index in [9.17, 15) is 0 Å². The summed E-state index contributed by atoms with van der Waals surface area (Å²) in [5.41, 5.74) is 1.41. The van der Waals surface area contributed by atoms with Crippen molar-refractivity contribution in [1.29, 1.82) is 0 Å². The van der Waals surface area contributed by atoms with Crippen molar-refractivity contribution in [1.82, 2.24) is 5.32 Å². The first-order valence-corrected chi connectivity index (χ1v) is 6.37. The van der Waals surface area contributed by atoms with Crippen LogP contribution in [0.25, 0.3) is 0 Å². The molecule has 0 saturated carbocycles. The molecule has 1 N–H and O–H groups in total. The maximum Gasteiger partial charge on any atom is 0.0693 e. The van der Waals surface area contributed by atoms with E-state index in [1.54, 1.807) is 18.4 Å². The van der Waals surface area contributed by atoms with Crippen LogP contribution in [-0.4, -0.2) is 25.3 Å². The van der Waals surface area contributed by atoms with Crippen molar-refractivity contribution >= 4 is 11.3 Å². The Hall–Kier alpha value is -0.380. The Morgan fingerprint density at radius 2 is 2.13 bits per heavy atom. The molecule has 3 heteroatoms. The first-order chi connectivity index (χ1) is 7.13. The number of hydrogen-bond donors (Lipinski definition) is 1. The van der Waals surface area contributed by atoms with E-state index >= 15 is 0 Å². The molecule has 0 bridgehead atoms. The molecule has 1 aromatic heterocycles. The normalized spacial score (nSPS) is 17.3. The van der Waals surface area contributed by atoms with Gasteiger partial charge in [0.15, 0.2) is 0 Å². The summed E-state index contributed by atoms with van der Waals surface area (Å²) in [6.07, 6.45) is 1.35. The lowest BCUT2D eigenvalue weighted by molar-refractivity contribution is 0.0852. The third kappa shape index (κ3) is 4.33. The van der Waals surface area contributed by atoms with E-state index in [1.165, 1.54) is 5.56 Å². The molecule has 0 aliphatic carbocycles. The summed E-state index contributed by atoms with van der Waals surface area (Å²) in [6.45, 7) is 6.48. The lowest BCUT2D eigenvalue weighted by atomic mass is 10.1. The van der Waals surface area contributed by atoms with E-state index in [-0.39, 0.29) is 6.10 Å². The molecule has 0 aliphatic heterocycles. The molecular formula is C12H21NOS. The molecule has 2 nitrogen and oxygen atoms in total. The summed E-state index contributed by atoms with van der Waals surface area (Å²) in [6, 6.07) is 3.07. The van der Waals surface area contributed by atoms with Crippen LogP contribution in [0.4, 0.5) is 0 Å². The highest BCUT2D eigenvalue weighted by Crippen LogP contribution is 2.09. The first kappa shape index (κ1) is 12.7. The minimum atomic E-state index is 0.259. The van der Waals surface area contributed by atoms with Gasteiger partial charge in [-0.25, -0.2) is 0 Å². The zero-order valence-electron chi connectivity index (χ0n) is 9.99. The Morgan fingerprint density at radius 3 is 2.67 bits per heavy atom. The Kier molecular flexibility index (Phi) is 5.29. The van der Waals surface area contributed by atoms with Gasteiger partial charge in [-0.1, -0.05) is 0 Å². The third-order valence-electron chi connectivity index (χ3n) is 2.75. The van der Waals surface area contributed by atoms with E-state index in [0.29, 0.717) is 12.1 Å². The van der Waals surface area contributed by atoms with Crippen LogP contribution in [0.5, 0.6) is 0 Å².